The molecular weight excluding hydrogens is 326 g/mol. The number of rotatable bonds is 4. The molecule has 5 heterocycles. The molecule has 5 rings (SSSR count). The van der Waals surface area contributed by atoms with Crippen LogP contribution in [0, 0.1) is 0 Å². The van der Waals surface area contributed by atoms with Crippen molar-refractivity contribution < 1.29 is 0 Å². The minimum absolute atomic E-state index is 0.674. The summed E-state index contributed by atoms with van der Waals surface area (Å²) in [5.41, 5.74) is 5.47. The first kappa shape index (κ1) is 14.6. The van der Waals surface area contributed by atoms with Crippen molar-refractivity contribution in [3.05, 3.63) is 66.9 Å². The number of nitrogens with one attached hydrogen (secondary N) is 3. The molecule has 0 radical (unpaired) electrons. The Morgan fingerprint density at radius 1 is 0.962 bits per heavy atom. The summed E-state index contributed by atoms with van der Waals surface area (Å²) in [5.74, 6) is 0.788. The molecule has 0 amide bonds. The van der Waals surface area contributed by atoms with Crippen molar-refractivity contribution in [2.75, 3.05) is 5.32 Å². The number of hydrogen-bond acceptors (Lipinski definition) is 5. The molecule has 0 saturated carbocycles. The van der Waals surface area contributed by atoms with Gasteiger partial charge in [-0.05, 0) is 42.0 Å². The standard InChI is InChI=1S/C19H15N7/c1-2-16-19(24-11-23-16)25-15(1)14-9-17(26-18-13(14)5-8-21-18)22-10-12-3-6-20-7-4-12/h1-9,11H,10H2,(H2,21,22,26)(H,23,24,25). The largest absolute Gasteiger partial charge is 0.366 e. The summed E-state index contributed by atoms with van der Waals surface area (Å²) in [5, 5.41) is 4.41. The van der Waals surface area contributed by atoms with Gasteiger partial charge in [0.25, 0.3) is 0 Å². The number of imidazole rings is 1. The first-order valence-electron chi connectivity index (χ1n) is 8.28. The van der Waals surface area contributed by atoms with Gasteiger partial charge in [-0.1, -0.05) is 0 Å². The first-order chi connectivity index (χ1) is 12.9. The number of H-pyrrole nitrogens is 2. The Kier molecular flexibility index (Phi) is 3.35. The lowest BCUT2D eigenvalue weighted by Gasteiger charge is -2.09. The molecular formula is C19H15N7. The number of aromatic amines is 2. The second kappa shape index (κ2) is 5.96. The topological polar surface area (TPSA) is 95.2 Å². The minimum atomic E-state index is 0.674. The summed E-state index contributed by atoms with van der Waals surface area (Å²) in [6.07, 6.45) is 7.11. The average molecular weight is 341 g/mol. The molecule has 126 valence electrons. The monoisotopic (exact) mass is 341 g/mol. The van der Waals surface area contributed by atoms with Crippen LogP contribution in [0.5, 0.6) is 0 Å². The highest BCUT2D eigenvalue weighted by molar-refractivity contribution is 5.94. The van der Waals surface area contributed by atoms with E-state index < -0.39 is 0 Å². The van der Waals surface area contributed by atoms with Gasteiger partial charge in [0, 0.05) is 36.1 Å². The molecule has 26 heavy (non-hydrogen) atoms. The SMILES string of the molecule is c1cc(CNc2cc(-c3ccc4[nH]cnc4n3)c3cc[nH]c3n2)ccn1. The molecule has 0 unspecified atom stereocenters. The Labute approximate surface area is 148 Å². The van der Waals surface area contributed by atoms with E-state index in [4.69, 9.17) is 0 Å². The minimum Gasteiger partial charge on any atom is -0.366 e. The summed E-state index contributed by atoms with van der Waals surface area (Å²) < 4.78 is 0. The van der Waals surface area contributed by atoms with Gasteiger partial charge in [0.05, 0.1) is 17.5 Å². The van der Waals surface area contributed by atoms with E-state index >= 15 is 0 Å². The number of hydrogen-bond donors (Lipinski definition) is 3. The predicted octanol–water partition coefficient (Wildman–Crippen LogP) is 3.51. The zero-order valence-corrected chi connectivity index (χ0v) is 13.8. The maximum atomic E-state index is 4.67. The predicted molar refractivity (Wildman–Crippen MR) is 101 cm³/mol. The van der Waals surface area contributed by atoms with Crippen LogP contribution in [0.4, 0.5) is 5.82 Å². The lowest BCUT2D eigenvalue weighted by Crippen LogP contribution is -2.02. The zero-order chi connectivity index (χ0) is 17.3. The van der Waals surface area contributed by atoms with Crippen LogP contribution in [0.2, 0.25) is 0 Å². The summed E-state index contributed by atoms with van der Waals surface area (Å²) in [4.78, 5) is 23.9. The van der Waals surface area contributed by atoms with Gasteiger partial charge in [-0.25, -0.2) is 15.0 Å². The molecule has 0 aliphatic heterocycles. The van der Waals surface area contributed by atoms with Crippen LogP contribution in [0.1, 0.15) is 5.56 Å². The van der Waals surface area contributed by atoms with E-state index in [0.717, 1.165) is 39.2 Å². The maximum absolute atomic E-state index is 4.67. The van der Waals surface area contributed by atoms with Gasteiger partial charge < -0.3 is 15.3 Å². The quantitative estimate of drug-likeness (QED) is 0.465. The normalized spacial score (nSPS) is 11.2. The molecule has 0 aromatic carbocycles. The Bertz CT molecular complexity index is 1190. The molecule has 0 atom stereocenters. The molecule has 3 N–H and O–H groups in total. The van der Waals surface area contributed by atoms with Crippen LogP contribution in [-0.2, 0) is 6.54 Å². The highest BCUT2D eigenvalue weighted by Crippen LogP contribution is 2.29. The number of aromatic nitrogens is 6. The van der Waals surface area contributed by atoms with Gasteiger partial charge in [0.1, 0.15) is 11.5 Å². The van der Waals surface area contributed by atoms with Crippen molar-refractivity contribution in [2.24, 2.45) is 0 Å². The third-order valence-electron chi connectivity index (χ3n) is 4.31. The lowest BCUT2D eigenvalue weighted by atomic mass is 10.1. The molecule has 0 fully saturated rings. The second-order valence-electron chi connectivity index (χ2n) is 5.97. The molecule has 5 aromatic heterocycles. The number of pyridine rings is 3. The van der Waals surface area contributed by atoms with Crippen LogP contribution in [-0.4, -0.2) is 29.9 Å². The molecule has 0 aliphatic rings. The molecule has 0 spiro atoms. The fraction of sp³-hybridized carbons (Fsp3) is 0.0526. The van der Waals surface area contributed by atoms with E-state index in [-0.39, 0.29) is 0 Å². The van der Waals surface area contributed by atoms with Crippen molar-refractivity contribution in [1.82, 2.24) is 29.9 Å². The molecule has 7 heteroatoms. The van der Waals surface area contributed by atoms with Crippen molar-refractivity contribution in [1.29, 1.82) is 0 Å². The molecule has 0 bridgehead atoms. The van der Waals surface area contributed by atoms with Crippen molar-refractivity contribution >= 4 is 28.0 Å². The number of anilines is 1. The van der Waals surface area contributed by atoms with Crippen molar-refractivity contribution in [3.63, 3.8) is 0 Å². The van der Waals surface area contributed by atoms with E-state index in [1.807, 2.05) is 42.6 Å². The molecule has 7 nitrogen and oxygen atoms in total. The zero-order valence-electron chi connectivity index (χ0n) is 13.8. The summed E-state index contributed by atoms with van der Waals surface area (Å²) >= 11 is 0. The molecule has 5 aromatic rings. The Morgan fingerprint density at radius 3 is 2.81 bits per heavy atom. The number of fused-ring (bicyclic) bond motifs is 2. The van der Waals surface area contributed by atoms with Gasteiger partial charge in [0.15, 0.2) is 5.65 Å². The molecule has 0 saturated heterocycles. The fourth-order valence-corrected chi connectivity index (χ4v) is 3.01. The Balaban J connectivity index is 1.56. The smallest absolute Gasteiger partial charge is 0.177 e. The van der Waals surface area contributed by atoms with Crippen molar-refractivity contribution in [2.45, 2.75) is 6.54 Å². The van der Waals surface area contributed by atoms with E-state index in [1.54, 1.807) is 18.7 Å². The van der Waals surface area contributed by atoms with Crippen LogP contribution in [0.15, 0.2) is 61.3 Å². The summed E-state index contributed by atoms with van der Waals surface area (Å²) in [7, 11) is 0. The van der Waals surface area contributed by atoms with Gasteiger partial charge in [0.2, 0.25) is 0 Å². The Hall–Kier alpha value is -3.74. The third kappa shape index (κ3) is 2.55. The van der Waals surface area contributed by atoms with Gasteiger partial charge in [-0.3, -0.25) is 4.98 Å². The summed E-state index contributed by atoms with van der Waals surface area (Å²) in [6.45, 7) is 0.674. The first-order valence-corrected chi connectivity index (χ1v) is 8.28. The second-order valence-corrected chi connectivity index (χ2v) is 5.97. The van der Waals surface area contributed by atoms with Crippen LogP contribution >= 0.6 is 0 Å². The van der Waals surface area contributed by atoms with Crippen LogP contribution in [0.3, 0.4) is 0 Å². The fourth-order valence-electron chi connectivity index (χ4n) is 3.01. The third-order valence-corrected chi connectivity index (χ3v) is 4.31. The van der Waals surface area contributed by atoms with Gasteiger partial charge in [-0.2, -0.15) is 0 Å². The van der Waals surface area contributed by atoms with Gasteiger partial charge in [-0.15, -0.1) is 0 Å². The van der Waals surface area contributed by atoms with Gasteiger partial charge >= 0.3 is 0 Å². The summed E-state index contributed by atoms with van der Waals surface area (Å²) in [6, 6.07) is 12.0. The lowest BCUT2D eigenvalue weighted by molar-refractivity contribution is 1.10. The highest BCUT2D eigenvalue weighted by atomic mass is 15.0. The number of nitrogens with zero attached hydrogens (tertiary/aromatic N) is 4. The van der Waals surface area contributed by atoms with Crippen LogP contribution in [0.25, 0.3) is 33.5 Å². The Morgan fingerprint density at radius 2 is 1.88 bits per heavy atom. The van der Waals surface area contributed by atoms with E-state index in [2.05, 4.69) is 35.2 Å². The van der Waals surface area contributed by atoms with E-state index in [1.165, 1.54) is 0 Å². The maximum Gasteiger partial charge on any atom is 0.177 e. The average Bonchev–Trinajstić information content (AvgIpc) is 3.35. The van der Waals surface area contributed by atoms with Crippen LogP contribution < -0.4 is 5.32 Å². The molecule has 0 aliphatic carbocycles. The highest BCUT2D eigenvalue weighted by Gasteiger charge is 2.11. The van der Waals surface area contributed by atoms with E-state index in [9.17, 15) is 0 Å². The van der Waals surface area contributed by atoms with Crippen molar-refractivity contribution in [3.8, 4) is 11.3 Å². The van der Waals surface area contributed by atoms with E-state index in [0.29, 0.717) is 12.2 Å².